The van der Waals surface area contributed by atoms with E-state index in [0.29, 0.717) is 35.2 Å². The highest BCUT2D eigenvalue weighted by atomic mass is 16.5. The van der Waals surface area contributed by atoms with Gasteiger partial charge in [-0.2, -0.15) is 0 Å². The molecule has 0 unspecified atom stereocenters. The number of ether oxygens (including phenoxy) is 1. The number of carboxylic acids is 1. The Bertz CT molecular complexity index is 1380. The van der Waals surface area contributed by atoms with E-state index in [0.717, 1.165) is 24.9 Å². The van der Waals surface area contributed by atoms with Crippen LogP contribution in [0.25, 0.3) is 0 Å². The van der Waals surface area contributed by atoms with E-state index in [-0.39, 0.29) is 31.4 Å². The zero-order chi connectivity index (χ0) is 31.2. The van der Waals surface area contributed by atoms with Gasteiger partial charge in [0.05, 0.1) is 18.7 Å². The maximum absolute atomic E-state index is 13.5. The van der Waals surface area contributed by atoms with Gasteiger partial charge >= 0.3 is 12.0 Å². The first-order chi connectivity index (χ1) is 20.7. The van der Waals surface area contributed by atoms with Crippen LogP contribution in [0.2, 0.25) is 0 Å². The average molecular weight is 589 g/mol. The van der Waals surface area contributed by atoms with Crippen molar-refractivity contribution in [1.82, 2.24) is 5.32 Å². The molecule has 3 aromatic carbocycles. The maximum Gasteiger partial charge on any atom is 0.319 e. The van der Waals surface area contributed by atoms with Crippen LogP contribution in [0.4, 0.5) is 21.9 Å². The number of nitrogens with one attached hydrogen (secondary N) is 2. The van der Waals surface area contributed by atoms with E-state index in [1.54, 1.807) is 60.5 Å². The number of anilines is 3. The number of likely N-dealkylation sites (N-methyl/N-ethyl adjacent to an activating group) is 1. The third kappa shape index (κ3) is 10.2. The molecule has 0 atom stereocenters. The van der Waals surface area contributed by atoms with E-state index in [4.69, 9.17) is 9.84 Å². The first kappa shape index (κ1) is 32.7. The Balaban J connectivity index is 1.71. The van der Waals surface area contributed by atoms with Crippen molar-refractivity contribution in [2.45, 2.75) is 39.5 Å². The number of benzene rings is 3. The molecular weight excluding hydrogens is 548 g/mol. The Morgan fingerprint density at radius 3 is 2.28 bits per heavy atom. The number of hydrogen-bond acceptors (Lipinski definition) is 5. The lowest BCUT2D eigenvalue weighted by atomic mass is 9.99. The molecule has 43 heavy (non-hydrogen) atoms. The van der Waals surface area contributed by atoms with Gasteiger partial charge in [0.25, 0.3) is 5.91 Å². The number of hydrogen-bond donors (Lipinski definition) is 3. The fourth-order valence-electron chi connectivity index (χ4n) is 4.58. The maximum atomic E-state index is 13.5. The van der Waals surface area contributed by atoms with Gasteiger partial charge in [0.2, 0.25) is 5.91 Å². The van der Waals surface area contributed by atoms with Crippen LogP contribution in [0, 0.1) is 5.92 Å². The van der Waals surface area contributed by atoms with Gasteiger partial charge in [0, 0.05) is 25.0 Å². The fraction of sp³-hybridized carbons (Fsp3) is 0.333. The van der Waals surface area contributed by atoms with Gasteiger partial charge in [-0.05, 0) is 54.3 Å². The molecule has 0 aliphatic heterocycles. The number of carbonyl (C=O) groups is 4. The van der Waals surface area contributed by atoms with Crippen molar-refractivity contribution < 1.29 is 29.0 Å². The lowest BCUT2D eigenvalue weighted by Crippen LogP contribution is -2.42. The van der Waals surface area contributed by atoms with Gasteiger partial charge in [0.1, 0.15) is 5.75 Å². The molecule has 3 aromatic rings. The summed E-state index contributed by atoms with van der Waals surface area (Å²) in [6.07, 6.45) is 2.53. The summed E-state index contributed by atoms with van der Waals surface area (Å²) in [5.74, 6) is -0.766. The highest BCUT2D eigenvalue weighted by molar-refractivity contribution is 5.99. The first-order valence-corrected chi connectivity index (χ1v) is 14.4. The summed E-state index contributed by atoms with van der Waals surface area (Å²) < 4.78 is 5.95. The Kier molecular flexibility index (Phi) is 12.6. The Morgan fingerprint density at radius 2 is 1.58 bits per heavy atom. The second kappa shape index (κ2) is 16.5. The van der Waals surface area contributed by atoms with Crippen LogP contribution < -0.4 is 25.2 Å². The number of amides is 4. The zero-order valence-corrected chi connectivity index (χ0v) is 24.9. The largest absolute Gasteiger partial charge is 0.482 e. The van der Waals surface area contributed by atoms with Crippen LogP contribution in [0.5, 0.6) is 5.75 Å². The third-order valence-electron chi connectivity index (χ3n) is 7.18. The predicted molar refractivity (Wildman–Crippen MR) is 168 cm³/mol. The normalized spacial score (nSPS) is 10.6. The van der Waals surface area contributed by atoms with Gasteiger partial charge in [-0.25, -0.2) is 4.79 Å². The van der Waals surface area contributed by atoms with Gasteiger partial charge in [0.15, 0.2) is 6.61 Å². The summed E-state index contributed by atoms with van der Waals surface area (Å²) in [5, 5.41) is 14.3. The van der Waals surface area contributed by atoms with E-state index >= 15 is 0 Å². The van der Waals surface area contributed by atoms with Crippen molar-refractivity contribution in [2.24, 2.45) is 5.92 Å². The molecule has 10 heteroatoms. The molecule has 3 rings (SSSR count). The SMILES string of the molecule is CCC(CC)CCN(C(=O)CNC(=O)Nc1cccc(CC(=O)O)c1)c1ccccc1OCC(=O)N(C)c1ccccc1. The molecule has 0 radical (unpaired) electrons. The summed E-state index contributed by atoms with van der Waals surface area (Å²) >= 11 is 0. The molecule has 0 aliphatic rings. The van der Waals surface area contributed by atoms with Crippen molar-refractivity contribution in [3.63, 3.8) is 0 Å². The number of carboxylic acid groups (broad SMARTS) is 1. The van der Waals surface area contributed by atoms with Crippen molar-refractivity contribution in [3.8, 4) is 5.75 Å². The molecule has 0 aliphatic carbocycles. The van der Waals surface area contributed by atoms with Crippen LogP contribution in [-0.2, 0) is 20.8 Å². The summed E-state index contributed by atoms with van der Waals surface area (Å²) in [7, 11) is 1.68. The standard InChI is InChI=1S/C33H40N4O6/c1-4-24(5-2)18-19-37(30(38)22-34-33(42)35-26-13-11-12-25(20-26)21-32(40)41)28-16-9-10-17-29(28)43-23-31(39)36(3)27-14-7-6-8-15-27/h6-17,20,24H,4-5,18-19,21-23H2,1-3H3,(H,40,41)(H2,34,35,42). The van der Waals surface area contributed by atoms with Crippen molar-refractivity contribution in [2.75, 3.05) is 41.9 Å². The Labute approximate surface area is 252 Å². The third-order valence-corrected chi connectivity index (χ3v) is 7.18. The van der Waals surface area contributed by atoms with E-state index < -0.39 is 12.0 Å². The van der Waals surface area contributed by atoms with Crippen molar-refractivity contribution in [1.29, 1.82) is 0 Å². The number of urea groups is 1. The van der Waals surface area contributed by atoms with Gasteiger partial charge < -0.3 is 30.3 Å². The number of rotatable bonds is 15. The summed E-state index contributed by atoms with van der Waals surface area (Å²) in [4.78, 5) is 53.1. The summed E-state index contributed by atoms with van der Waals surface area (Å²) in [6, 6.07) is 22.2. The molecule has 0 spiro atoms. The van der Waals surface area contributed by atoms with Gasteiger partial charge in [-0.15, -0.1) is 0 Å². The van der Waals surface area contributed by atoms with E-state index in [2.05, 4.69) is 24.5 Å². The topological polar surface area (TPSA) is 128 Å². The minimum absolute atomic E-state index is 0.170. The van der Waals surface area contributed by atoms with Gasteiger partial charge in [-0.3, -0.25) is 14.4 Å². The molecule has 10 nitrogen and oxygen atoms in total. The molecule has 0 fully saturated rings. The molecule has 4 amide bonds. The number of para-hydroxylation sites is 3. The van der Waals surface area contributed by atoms with Crippen LogP contribution in [0.15, 0.2) is 78.9 Å². The minimum Gasteiger partial charge on any atom is -0.482 e. The van der Waals surface area contributed by atoms with Gasteiger partial charge in [-0.1, -0.05) is 69.2 Å². The number of aliphatic carboxylic acids is 1. The average Bonchev–Trinajstić information content (AvgIpc) is 3.01. The molecule has 0 saturated heterocycles. The molecule has 228 valence electrons. The predicted octanol–water partition coefficient (Wildman–Crippen LogP) is 5.34. The second-order valence-corrected chi connectivity index (χ2v) is 10.1. The minimum atomic E-state index is -0.975. The second-order valence-electron chi connectivity index (χ2n) is 10.1. The molecule has 3 N–H and O–H groups in total. The fourth-order valence-corrected chi connectivity index (χ4v) is 4.58. The quantitative estimate of drug-likeness (QED) is 0.220. The lowest BCUT2D eigenvalue weighted by Gasteiger charge is -2.27. The molecule has 0 saturated carbocycles. The van der Waals surface area contributed by atoms with Crippen LogP contribution >= 0.6 is 0 Å². The number of nitrogens with zero attached hydrogens (tertiary/aromatic N) is 2. The van der Waals surface area contributed by atoms with Crippen LogP contribution in [0.1, 0.15) is 38.7 Å². The van der Waals surface area contributed by atoms with Crippen molar-refractivity contribution >= 4 is 40.9 Å². The highest BCUT2D eigenvalue weighted by Gasteiger charge is 2.22. The Hall–Kier alpha value is -4.86. The molecule has 0 heterocycles. The highest BCUT2D eigenvalue weighted by Crippen LogP contribution is 2.29. The zero-order valence-electron chi connectivity index (χ0n) is 24.9. The monoisotopic (exact) mass is 588 g/mol. The summed E-state index contributed by atoms with van der Waals surface area (Å²) in [5.41, 5.74) is 2.21. The smallest absolute Gasteiger partial charge is 0.319 e. The molecular formula is C33H40N4O6. The van der Waals surface area contributed by atoms with E-state index in [1.165, 1.54) is 4.90 Å². The van der Waals surface area contributed by atoms with Crippen LogP contribution in [-0.4, -0.2) is 55.7 Å². The number of carbonyl (C=O) groups excluding carboxylic acids is 3. The van der Waals surface area contributed by atoms with E-state index in [9.17, 15) is 19.2 Å². The van der Waals surface area contributed by atoms with Crippen molar-refractivity contribution in [3.05, 3.63) is 84.4 Å². The molecule has 0 aromatic heterocycles. The van der Waals surface area contributed by atoms with Crippen LogP contribution in [0.3, 0.4) is 0 Å². The Morgan fingerprint density at radius 1 is 0.884 bits per heavy atom. The summed E-state index contributed by atoms with van der Waals surface area (Å²) in [6.45, 7) is 4.13. The first-order valence-electron chi connectivity index (χ1n) is 14.4. The molecule has 0 bridgehead atoms. The lowest BCUT2D eigenvalue weighted by molar-refractivity contribution is -0.136. The van der Waals surface area contributed by atoms with E-state index in [1.807, 2.05) is 30.3 Å².